The topological polar surface area (TPSA) is 255 Å². The molecule has 0 radical (unpaired) electrons. The Labute approximate surface area is 255 Å². The molecular weight excluding hydrogens is 669 g/mol. The molecule has 0 aromatic carbocycles. The largest absolute Gasteiger partial charge is 0.397 e. The van der Waals surface area contributed by atoms with Crippen molar-refractivity contribution < 1.29 is 41.7 Å². The van der Waals surface area contributed by atoms with Gasteiger partial charge in [0.05, 0.1) is 31.3 Å². The molecule has 3 fully saturated rings. The minimum Gasteiger partial charge on any atom is -0.397 e. The predicted molar refractivity (Wildman–Crippen MR) is 154 cm³/mol. The average Bonchev–Trinajstić information content (AvgIpc) is 3.72. The Morgan fingerprint density at radius 1 is 1.02 bits per heavy atom. The first-order chi connectivity index (χ1) is 20.9. The Balaban J connectivity index is 1.19. The van der Waals surface area contributed by atoms with Crippen LogP contribution in [0.5, 0.6) is 0 Å². The standard InChI is InChI=1S/C20H23FN10O9P2S2/c21-11-14-10(38-19(11)30-6-25-12-8(22)1-2-24-15(12)30)5-36-41(33,43)39-9-3-7(4-35-42(34,44)40-14)37-18(9)31-16-13(28-29-31)17(32)27-20(23)26-16/h1-2,6-7,9-11,14,18-19H,3-5H2,(H2,22,24)(H,33,43)(H,34,44)(H3,23,26,27,32)/t7-,9+,10+,11-,14+,18+,19+,41?,42?/m0/s1. The summed E-state index contributed by atoms with van der Waals surface area (Å²) in [6.45, 7) is -9.09. The molecule has 24 heteroatoms. The van der Waals surface area contributed by atoms with Crippen molar-refractivity contribution in [2.75, 3.05) is 24.7 Å². The van der Waals surface area contributed by atoms with Crippen LogP contribution in [0.15, 0.2) is 23.4 Å². The minimum atomic E-state index is -4.13. The number of aromatic amines is 1. The fraction of sp³-hybridized carbons (Fsp3) is 0.500. The summed E-state index contributed by atoms with van der Waals surface area (Å²) in [6.07, 6.45) is -6.34. The summed E-state index contributed by atoms with van der Waals surface area (Å²) >= 11 is 10.5. The lowest BCUT2D eigenvalue weighted by molar-refractivity contribution is -0.0637. The van der Waals surface area contributed by atoms with Gasteiger partial charge in [0.15, 0.2) is 35.4 Å². The molecule has 4 aromatic heterocycles. The lowest BCUT2D eigenvalue weighted by Gasteiger charge is -2.27. The van der Waals surface area contributed by atoms with Crippen molar-refractivity contribution in [2.45, 2.75) is 49.5 Å². The highest BCUT2D eigenvalue weighted by Crippen LogP contribution is 2.54. The van der Waals surface area contributed by atoms with E-state index >= 15 is 4.39 Å². The van der Waals surface area contributed by atoms with Crippen LogP contribution in [0, 0.1) is 0 Å². The molecular formula is C20H23FN10O9P2S2. The predicted octanol–water partition coefficient (Wildman–Crippen LogP) is -0.102. The number of rotatable bonds is 2. The number of ether oxygens (including phenoxy) is 2. The molecule has 0 amide bonds. The maximum Gasteiger partial charge on any atom is 0.325 e. The zero-order valence-electron chi connectivity index (χ0n) is 22.0. The van der Waals surface area contributed by atoms with E-state index in [1.807, 2.05) is 0 Å². The smallest absolute Gasteiger partial charge is 0.325 e. The number of nitrogen functional groups attached to an aromatic ring is 2. The normalized spacial score (nSPS) is 36.6. The van der Waals surface area contributed by atoms with Gasteiger partial charge >= 0.3 is 13.4 Å². The third-order valence-electron chi connectivity index (χ3n) is 7.12. The Hall–Kier alpha value is -2.59. The molecule has 44 heavy (non-hydrogen) atoms. The lowest BCUT2D eigenvalue weighted by atomic mass is 10.1. The van der Waals surface area contributed by atoms with Gasteiger partial charge in [-0.05, 0) is 29.7 Å². The number of H-pyrrole nitrogens is 1. The van der Waals surface area contributed by atoms with E-state index in [0.717, 1.165) is 4.68 Å². The molecule has 2 bridgehead atoms. The van der Waals surface area contributed by atoms with E-state index in [2.05, 4.69) is 30.2 Å². The molecule has 7 rings (SSSR count). The number of anilines is 2. The van der Waals surface area contributed by atoms with Gasteiger partial charge in [0, 0.05) is 12.6 Å². The number of pyridine rings is 1. The molecule has 7 N–H and O–H groups in total. The van der Waals surface area contributed by atoms with Crippen LogP contribution in [0.1, 0.15) is 18.9 Å². The van der Waals surface area contributed by atoms with Crippen molar-refractivity contribution in [3.05, 3.63) is 28.9 Å². The van der Waals surface area contributed by atoms with Crippen LogP contribution < -0.4 is 17.0 Å². The number of nitrogens with zero attached hydrogens (tertiary/aromatic N) is 7. The van der Waals surface area contributed by atoms with Crippen molar-refractivity contribution in [3.63, 3.8) is 0 Å². The van der Waals surface area contributed by atoms with Crippen LogP contribution in [0.4, 0.5) is 16.0 Å². The summed E-state index contributed by atoms with van der Waals surface area (Å²) < 4.78 is 53.0. The van der Waals surface area contributed by atoms with Crippen molar-refractivity contribution in [1.82, 2.24) is 39.5 Å². The molecule has 2 unspecified atom stereocenters. The maximum absolute atomic E-state index is 16.0. The second kappa shape index (κ2) is 11.0. The van der Waals surface area contributed by atoms with Crippen LogP contribution in [-0.2, 0) is 51.2 Å². The van der Waals surface area contributed by atoms with Crippen LogP contribution in [0.25, 0.3) is 22.3 Å². The number of fused-ring (bicyclic) bond motifs is 5. The summed E-state index contributed by atoms with van der Waals surface area (Å²) in [5, 5.41) is 7.79. The van der Waals surface area contributed by atoms with E-state index in [4.69, 9.17) is 62.6 Å². The first-order valence-electron chi connectivity index (χ1n) is 12.8. The van der Waals surface area contributed by atoms with Gasteiger partial charge in [-0.1, -0.05) is 5.21 Å². The fourth-order valence-corrected chi connectivity index (χ4v) is 8.11. The number of hydrogen-bond donors (Lipinski definition) is 5. The molecule has 19 nitrogen and oxygen atoms in total. The summed E-state index contributed by atoms with van der Waals surface area (Å²) in [5.41, 5.74) is 11.8. The highest BCUT2D eigenvalue weighted by atomic mass is 32.5. The van der Waals surface area contributed by atoms with E-state index in [9.17, 15) is 14.6 Å². The molecule has 3 aliphatic heterocycles. The molecule has 3 aliphatic rings. The fourth-order valence-electron chi connectivity index (χ4n) is 5.21. The highest BCUT2D eigenvalue weighted by molar-refractivity contribution is 8.07. The van der Waals surface area contributed by atoms with E-state index < -0.39 is 68.6 Å². The van der Waals surface area contributed by atoms with Gasteiger partial charge in [0.2, 0.25) is 5.95 Å². The zero-order chi connectivity index (χ0) is 31.0. The quantitative estimate of drug-likeness (QED) is 0.172. The third-order valence-corrected chi connectivity index (χ3v) is 10.3. The van der Waals surface area contributed by atoms with Crippen LogP contribution in [-0.4, -0.2) is 93.1 Å². The monoisotopic (exact) mass is 692 g/mol. The van der Waals surface area contributed by atoms with Crippen molar-refractivity contribution in [2.24, 2.45) is 0 Å². The first-order valence-corrected chi connectivity index (χ1v) is 18.0. The third kappa shape index (κ3) is 5.44. The highest BCUT2D eigenvalue weighted by Gasteiger charge is 2.51. The summed E-state index contributed by atoms with van der Waals surface area (Å²) in [4.78, 5) is 49.1. The summed E-state index contributed by atoms with van der Waals surface area (Å²) in [6, 6.07) is 1.54. The Bertz CT molecular complexity index is 1910. The van der Waals surface area contributed by atoms with Gasteiger partial charge in [0.1, 0.15) is 23.8 Å². The summed E-state index contributed by atoms with van der Waals surface area (Å²) in [7, 11) is 0. The number of nitrogens with two attached hydrogens (primary N) is 2. The number of nitrogens with one attached hydrogen (secondary N) is 1. The van der Waals surface area contributed by atoms with Gasteiger partial charge in [-0.25, -0.2) is 14.4 Å². The van der Waals surface area contributed by atoms with Gasteiger partial charge < -0.3 is 44.3 Å². The van der Waals surface area contributed by atoms with E-state index in [-0.39, 0.29) is 35.8 Å². The van der Waals surface area contributed by atoms with E-state index in [1.54, 1.807) is 6.07 Å². The number of imidazole rings is 1. The molecule has 7 heterocycles. The van der Waals surface area contributed by atoms with Crippen LogP contribution >= 0.6 is 13.4 Å². The summed E-state index contributed by atoms with van der Waals surface area (Å²) in [5.74, 6) is -0.198. The Morgan fingerprint density at radius 3 is 2.61 bits per heavy atom. The Morgan fingerprint density at radius 2 is 1.80 bits per heavy atom. The molecule has 0 spiro atoms. The second-order valence-electron chi connectivity index (χ2n) is 10.0. The van der Waals surface area contributed by atoms with Crippen molar-refractivity contribution in [1.29, 1.82) is 0 Å². The second-order valence-corrected chi connectivity index (χ2v) is 15.6. The van der Waals surface area contributed by atoms with Crippen LogP contribution in [0.3, 0.4) is 0 Å². The van der Waals surface area contributed by atoms with Gasteiger partial charge in [0.25, 0.3) is 5.56 Å². The van der Waals surface area contributed by atoms with Gasteiger partial charge in [-0.2, -0.15) is 9.67 Å². The number of halogens is 1. The van der Waals surface area contributed by atoms with Gasteiger partial charge in [-0.15, -0.1) is 5.10 Å². The van der Waals surface area contributed by atoms with E-state index in [0.29, 0.717) is 11.2 Å². The van der Waals surface area contributed by atoms with E-state index in [1.165, 1.54) is 17.1 Å². The SMILES string of the molecule is Nc1nc2c(nnn2[C@@H]2O[C@@H]3COP(O)(=S)O[C@H]4[C@H](F)[C@H](n5cnc6c(N)ccnc65)O[C@@H]4COP(O)(=S)O[C@@H]2C3)c(=O)[nH]1. The number of aromatic nitrogens is 8. The first kappa shape index (κ1) is 30.1. The van der Waals surface area contributed by atoms with Crippen molar-refractivity contribution in [3.8, 4) is 0 Å². The number of hydrogen-bond acceptors (Lipinski definition) is 16. The van der Waals surface area contributed by atoms with Crippen LogP contribution in [0.2, 0.25) is 0 Å². The number of alkyl halides is 1. The Kier molecular flexibility index (Phi) is 7.55. The van der Waals surface area contributed by atoms with Crippen molar-refractivity contribution >= 4 is 71.0 Å². The zero-order valence-corrected chi connectivity index (χ0v) is 25.4. The maximum atomic E-state index is 16.0. The molecule has 236 valence electrons. The minimum absolute atomic E-state index is 0.0270. The molecule has 0 saturated carbocycles. The molecule has 9 atom stereocenters. The molecule has 3 saturated heterocycles. The average molecular weight is 693 g/mol. The van der Waals surface area contributed by atoms with Gasteiger partial charge in [-0.3, -0.25) is 18.9 Å². The molecule has 0 aliphatic carbocycles. The lowest BCUT2D eigenvalue weighted by Crippen LogP contribution is -2.34. The molecule has 4 aromatic rings.